The fourth-order valence-corrected chi connectivity index (χ4v) is 3.92. The Bertz CT molecular complexity index is 810. The molecule has 1 aromatic carbocycles. The highest BCUT2D eigenvalue weighted by atomic mass is 19.4. The molecule has 2 N–H and O–H groups in total. The molecule has 3 aliphatic rings. The van der Waals surface area contributed by atoms with Gasteiger partial charge in [-0.2, -0.15) is 13.2 Å². The Morgan fingerprint density at radius 1 is 1.22 bits per heavy atom. The van der Waals surface area contributed by atoms with E-state index in [1.165, 1.54) is 18.6 Å². The van der Waals surface area contributed by atoms with E-state index >= 15 is 0 Å². The van der Waals surface area contributed by atoms with Crippen LogP contribution in [0.1, 0.15) is 36.9 Å². The number of hydrogen-bond donors (Lipinski definition) is 2. The first-order chi connectivity index (χ1) is 12.9. The Balaban J connectivity index is 1.52. The van der Waals surface area contributed by atoms with Crippen LogP contribution in [0.25, 0.3) is 0 Å². The lowest BCUT2D eigenvalue weighted by Crippen LogP contribution is -2.50. The highest BCUT2D eigenvalue weighted by Crippen LogP contribution is 2.36. The Labute approximate surface area is 156 Å². The van der Waals surface area contributed by atoms with Gasteiger partial charge < -0.3 is 15.5 Å². The van der Waals surface area contributed by atoms with Crippen molar-refractivity contribution < 1.29 is 13.2 Å². The summed E-state index contributed by atoms with van der Waals surface area (Å²) < 4.78 is 40.1. The van der Waals surface area contributed by atoms with Gasteiger partial charge in [-0.1, -0.05) is 37.3 Å². The summed E-state index contributed by atoms with van der Waals surface area (Å²) in [4.78, 5) is 6.86. The van der Waals surface area contributed by atoms with E-state index in [0.717, 1.165) is 42.9 Å². The van der Waals surface area contributed by atoms with Crippen molar-refractivity contribution in [3.05, 3.63) is 58.9 Å². The number of aliphatic imine (C=N–C) groups is 1. The minimum Gasteiger partial charge on any atom is -0.361 e. The summed E-state index contributed by atoms with van der Waals surface area (Å²) in [6.07, 6.45) is 1.61. The zero-order chi connectivity index (χ0) is 19.0. The lowest BCUT2D eigenvalue weighted by atomic mass is 9.96. The highest BCUT2D eigenvalue weighted by molar-refractivity contribution is 5.83. The second kappa shape index (κ2) is 6.94. The third-order valence-corrected chi connectivity index (χ3v) is 5.30. The monoisotopic (exact) mass is 376 g/mol. The van der Waals surface area contributed by atoms with E-state index < -0.39 is 17.8 Å². The second-order valence-corrected chi connectivity index (χ2v) is 7.42. The van der Waals surface area contributed by atoms with E-state index in [-0.39, 0.29) is 5.56 Å². The first kappa shape index (κ1) is 17.9. The average molecular weight is 376 g/mol. The number of piperidine rings is 1. The summed E-state index contributed by atoms with van der Waals surface area (Å²) in [5.74, 6) is 2.18. The van der Waals surface area contributed by atoms with Gasteiger partial charge in [-0.3, -0.25) is 0 Å². The number of alkyl halides is 3. The third kappa shape index (κ3) is 3.68. The van der Waals surface area contributed by atoms with E-state index in [0.29, 0.717) is 12.5 Å². The summed E-state index contributed by atoms with van der Waals surface area (Å²) in [5.41, 5.74) is 0.584. The van der Waals surface area contributed by atoms with Gasteiger partial charge in [0.2, 0.25) is 0 Å². The largest absolute Gasteiger partial charge is 0.416 e. The molecule has 4 rings (SSSR count). The van der Waals surface area contributed by atoms with Crippen molar-refractivity contribution in [2.24, 2.45) is 10.9 Å². The molecule has 7 heteroatoms. The van der Waals surface area contributed by atoms with Crippen LogP contribution >= 0.6 is 0 Å². The maximum atomic E-state index is 13.4. The van der Waals surface area contributed by atoms with Gasteiger partial charge in [-0.05, 0) is 30.4 Å². The van der Waals surface area contributed by atoms with Crippen molar-refractivity contribution in [3.8, 4) is 0 Å². The maximum absolute atomic E-state index is 13.4. The summed E-state index contributed by atoms with van der Waals surface area (Å²) in [6, 6.07) is 5.19. The molecule has 0 amide bonds. The van der Waals surface area contributed by atoms with Gasteiger partial charge in [0.25, 0.3) is 0 Å². The minimum absolute atomic E-state index is 0.227. The van der Waals surface area contributed by atoms with Crippen molar-refractivity contribution in [1.82, 2.24) is 15.5 Å². The maximum Gasteiger partial charge on any atom is 0.416 e. The smallest absolute Gasteiger partial charge is 0.361 e. The van der Waals surface area contributed by atoms with Crippen molar-refractivity contribution in [2.45, 2.75) is 32.0 Å². The molecule has 0 bridgehead atoms. The topological polar surface area (TPSA) is 39.7 Å². The highest BCUT2D eigenvalue weighted by Gasteiger charge is 2.35. The number of halogens is 3. The molecular formula is C20H23F3N4. The molecule has 0 aliphatic carbocycles. The molecule has 0 radical (unpaired) electrons. The molecule has 144 valence electrons. The molecule has 1 fully saturated rings. The number of dihydropyridines is 1. The molecule has 2 unspecified atom stereocenters. The fourth-order valence-electron chi connectivity index (χ4n) is 3.92. The van der Waals surface area contributed by atoms with Crippen LogP contribution in [0.15, 0.2) is 52.8 Å². The number of hydrogen-bond acceptors (Lipinski definition) is 4. The van der Waals surface area contributed by atoms with Crippen LogP contribution in [0.4, 0.5) is 13.2 Å². The van der Waals surface area contributed by atoms with E-state index in [1.54, 1.807) is 12.1 Å². The summed E-state index contributed by atoms with van der Waals surface area (Å²) >= 11 is 0. The Morgan fingerprint density at radius 3 is 2.81 bits per heavy atom. The van der Waals surface area contributed by atoms with Gasteiger partial charge in [-0.25, -0.2) is 4.99 Å². The van der Waals surface area contributed by atoms with Gasteiger partial charge in [0.05, 0.1) is 18.2 Å². The van der Waals surface area contributed by atoms with Crippen molar-refractivity contribution in [3.63, 3.8) is 0 Å². The van der Waals surface area contributed by atoms with E-state index in [4.69, 9.17) is 0 Å². The quantitative estimate of drug-likeness (QED) is 0.783. The van der Waals surface area contributed by atoms with Crippen molar-refractivity contribution >= 4 is 5.96 Å². The van der Waals surface area contributed by atoms with Crippen molar-refractivity contribution in [1.29, 1.82) is 0 Å². The van der Waals surface area contributed by atoms with Gasteiger partial charge in [0.1, 0.15) is 5.82 Å². The fraction of sp³-hybridized carbons (Fsp3) is 0.450. The molecule has 3 aliphatic heterocycles. The molecule has 0 aromatic heterocycles. The standard InChI is InChI=1S/C20H23F3N4/c1-13-5-4-10-27(12-13)19-24-11-14-8-9-17(25-18(14)26-19)15-6-2-3-7-16(15)20(21,22)23/h2-3,6-9,13,17,25H,4-5,10-12H2,1H3,(H,24,26). The van der Waals surface area contributed by atoms with E-state index in [9.17, 15) is 13.2 Å². The Morgan fingerprint density at radius 2 is 2.04 bits per heavy atom. The zero-order valence-corrected chi connectivity index (χ0v) is 15.2. The summed E-state index contributed by atoms with van der Waals surface area (Å²) in [7, 11) is 0. The molecule has 0 spiro atoms. The van der Waals surface area contributed by atoms with E-state index in [2.05, 4.69) is 27.4 Å². The normalized spacial score (nSPS) is 25.5. The molecule has 1 aromatic rings. The number of rotatable bonds is 1. The van der Waals surface area contributed by atoms with Crippen LogP contribution in [0.2, 0.25) is 0 Å². The van der Waals surface area contributed by atoms with Crippen LogP contribution in [0.5, 0.6) is 0 Å². The van der Waals surface area contributed by atoms with Crippen LogP contribution in [0.3, 0.4) is 0 Å². The third-order valence-electron chi connectivity index (χ3n) is 5.30. The SMILES string of the molecule is CC1CCCN(C2=NCC3=C(N2)NC(c2ccccc2C(F)(F)F)C=C3)C1. The lowest BCUT2D eigenvalue weighted by Gasteiger charge is -2.37. The van der Waals surface area contributed by atoms with Crippen LogP contribution in [0, 0.1) is 5.92 Å². The van der Waals surface area contributed by atoms with Gasteiger partial charge in [-0.15, -0.1) is 0 Å². The Kier molecular flexibility index (Phi) is 4.61. The van der Waals surface area contributed by atoms with Gasteiger partial charge >= 0.3 is 6.18 Å². The number of nitrogens with zero attached hydrogens (tertiary/aromatic N) is 2. The number of guanidine groups is 1. The lowest BCUT2D eigenvalue weighted by molar-refractivity contribution is -0.138. The summed E-state index contributed by atoms with van der Waals surface area (Å²) in [5, 5.41) is 6.55. The van der Waals surface area contributed by atoms with E-state index in [1.807, 2.05) is 6.08 Å². The number of nitrogens with one attached hydrogen (secondary N) is 2. The predicted molar refractivity (Wildman–Crippen MR) is 98.9 cm³/mol. The van der Waals surface area contributed by atoms with Gasteiger partial charge in [0.15, 0.2) is 5.96 Å². The minimum atomic E-state index is -4.38. The zero-order valence-electron chi connectivity index (χ0n) is 15.2. The molecule has 1 saturated heterocycles. The van der Waals surface area contributed by atoms with Crippen LogP contribution in [-0.4, -0.2) is 30.5 Å². The first-order valence-electron chi connectivity index (χ1n) is 9.32. The van der Waals surface area contributed by atoms with Crippen LogP contribution in [-0.2, 0) is 6.18 Å². The number of benzene rings is 1. The van der Waals surface area contributed by atoms with Crippen LogP contribution < -0.4 is 10.6 Å². The second-order valence-electron chi connectivity index (χ2n) is 7.42. The number of likely N-dealkylation sites (tertiary alicyclic amines) is 1. The molecule has 27 heavy (non-hydrogen) atoms. The molecule has 0 saturated carbocycles. The Hall–Kier alpha value is -2.44. The molecular weight excluding hydrogens is 353 g/mol. The summed E-state index contributed by atoms with van der Waals surface area (Å²) in [6.45, 7) is 4.66. The first-order valence-corrected chi connectivity index (χ1v) is 9.32. The molecule has 3 heterocycles. The average Bonchev–Trinajstić information content (AvgIpc) is 2.66. The molecule has 2 atom stereocenters. The van der Waals surface area contributed by atoms with Crippen molar-refractivity contribution in [2.75, 3.05) is 19.6 Å². The molecule has 4 nitrogen and oxygen atoms in total. The van der Waals surface area contributed by atoms with Gasteiger partial charge in [0, 0.05) is 18.7 Å². The predicted octanol–water partition coefficient (Wildman–Crippen LogP) is 3.81.